The molecule has 5 nitrogen and oxygen atoms in total. The molecular weight excluding hydrogens is 254 g/mol. The first-order valence-corrected chi connectivity index (χ1v) is 6.79. The van der Waals surface area contributed by atoms with E-state index in [4.69, 9.17) is 5.11 Å². The molecular formula is C15H17N3O2. The summed E-state index contributed by atoms with van der Waals surface area (Å²) in [4.78, 5) is 21.9. The maximum absolute atomic E-state index is 11.0. The molecule has 2 aromatic rings. The number of fused-ring (bicyclic) bond motifs is 1. The third kappa shape index (κ3) is 2.09. The number of carboxylic acids is 1. The van der Waals surface area contributed by atoms with Crippen molar-refractivity contribution in [1.82, 2.24) is 9.97 Å². The molecule has 5 heteroatoms. The van der Waals surface area contributed by atoms with Crippen LogP contribution >= 0.6 is 0 Å². The summed E-state index contributed by atoms with van der Waals surface area (Å²) in [7, 11) is 0. The Kier molecular flexibility index (Phi) is 3.04. The fraction of sp³-hybridized carbons (Fsp3) is 0.400. The lowest BCUT2D eigenvalue weighted by molar-refractivity contribution is 0.0697. The van der Waals surface area contributed by atoms with Crippen LogP contribution in [0.15, 0.2) is 24.5 Å². The Morgan fingerprint density at radius 3 is 2.60 bits per heavy atom. The van der Waals surface area contributed by atoms with Crippen LogP contribution in [0, 0.1) is 11.8 Å². The van der Waals surface area contributed by atoms with Crippen LogP contribution in [-0.4, -0.2) is 34.1 Å². The molecule has 1 aliphatic heterocycles. The molecule has 2 atom stereocenters. The molecule has 20 heavy (non-hydrogen) atoms. The Bertz CT molecular complexity index is 661. The summed E-state index contributed by atoms with van der Waals surface area (Å²) in [5.41, 5.74) is 0.937. The van der Waals surface area contributed by atoms with Gasteiger partial charge in [0.1, 0.15) is 12.1 Å². The molecule has 2 heterocycles. The molecule has 1 N–H and O–H groups in total. The summed E-state index contributed by atoms with van der Waals surface area (Å²) >= 11 is 0. The fourth-order valence-electron chi connectivity index (χ4n) is 2.73. The minimum absolute atomic E-state index is 0.255. The van der Waals surface area contributed by atoms with Crippen LogP contribution < -0.4 is 4.90 Å². The van der Waals surface area contributed by atoms with E-state index in [0.717, 1.165) is 24.3 Å². The number of hydrogen-bond acceptors (Lipinski definition) is 4. The van der Waals surface area contributed by atoms with E-state index >= 15 is 0 Å². The molecule has 0 spiro atoms. The first-order valence-electron chi connectivity index (χ1n) is 6.79. The van der Waals surface area contributed by atoms with Crippen LogP contribution in [0.25, 0.3) is 10.9 Å². The van der Waals surface area contributed by atoms with E-state index in [1.807, 2.05) is 6.07 Å². The van der Waals surface area contributed by atoms with E-state index in [2.05, 4.69) is 28.7 Å². The molecule has 0 aliphatic carbocycles. The molecule has 2 unspecified atom stereocenters. The Hall–Kier alpha value is -2.17. The summed E-state index contributed by atoms with van der Waals surface area (Å²) < 4.78 is 0. The topological polar surface area (TPSA) is 66.3 Å². The van der Waals surface area contributed by atoms with Gasteiger partial charge in [0.15, 0.2) is 0 Å². The maximum atomic E-state index is 11.0. The van der Waals surface area contributed by atoms with Crippen LogP contribution in [0.5, 0.6) is 0 Å². The number of benzene rings is 1. The number of aromatic carboxylic acids is 1. The highest BCUT2D eigenvalue weighted by Crippen LogP contribution is 2.30. The lowest BCUT2D eigenvalue weighted by Gasteiger charge is -2.18. The van der Waals surface area contributed by atoms with Crippen LogP contribution in [0.2, 0.25) is 0 Å². The summed E-state index contributed by atoms with van der Waals surface area (Å²) in [6, 6.07) is 5.02. The zero-order valence-electron chi connectivity index (χ0n) is 11.6. The highest BCUT2D eigenvalue weighted by atomic mass is 16.4. The van der Waals surface area contributed by atoms with Crippen molar-refractivity contribution in [2.24, 2.45) is 11.8 Å². The van der Waals surface area contributed by atoms with E-state index in [9.17, 15) is 4.79 Å². The van der Waals surface area contributed by atoms with Gasteiger partial charge in [0.2, 0.25) is 0 Å². The van der Waals surface area contributed by atoms with Gasteiger partial charge in [-0.1, -0.05) is 13.8 Å². The number of nitrogens with zero attached hydrogens (tertiary/aromatic N) is 3. The van der Waals surface area contributed by atoms with Gasteiger partial charge >= 0.3 is 5.97 Å². The summed E-state index contributed by atoms with van der Waals surface area (Å²) in [6.07, 6.45) is 1.51. The van der Waals surface area contributed by atoms with Gasteiger partial charge in [0.05, 0.1) is 11.1 Å². The Morgan fingerprint density at radius 1 is 1.25 bits per heavy atom. The van der Waals surface area contributed by atoms with Crippen molar-refractivity contribution in [2.45, 2.75) is 13.8 Å². The van der Waals surface area contributed by atoms with Gasteiger partial charge in [-0.05, 0) is 30.0 Å². The van der Waals surface area contributed by atoms with Crippen molar-refractivity contribution in [3.63, 3.8) is 0 Å². The van der Waals surface area contributed by atoms with Crippen LogP contribution in [-0.2, 0) is 0 Å². The van der Waals surface area contributed by atoms with Gasteiger partial charge in [-0.3, -0.25) is 0 Å². The minimum atomic E-state index is -0.935. The normalized spacial score (nSPS) is 22.4. The van der Waals surface area contributed by atoms with Crippen molar-refractivity contribution in [3.8, 4) is 0 Å². The largest absolute Gasteiger partial charge is 0.478 e. The molecule has 1 saturated heterocycles. The third-order valence-electron chi connectivity index (χ3n) is 4.15. The van der Waals surface area contributed by atoms with Crippen molar-refractivity contribution in [3.05, 3.63) is 30.1 Å². The average Bonchev–Trinajstić information content (AvgIpc) is 2.77. The molecule has 0 saturated carbocycles. The van der Waals surface area contributed by atoms with E-state index in [1.165, 1.54) is 6.33 Å². The average molecular weight is 271 g/mol. The highest BCUT2D eigenvalue weighted by molar-refractivity contribution is 5.96. The summed E-state index contributed by atoms with van der Waals surface area (Å²) in [5.74, 6) is 1.25. The van der Waals surface area contributed by atoms with Gasteiger partial charge in [0, 0.05) is 18.5 Å². The van der Waals surface area contributed by atoms with Gasteiger partial charge in [-0.2, -0.15) is 0 Å². The number of rotatable bonds is 2. The fourth-order valence-corrected chi connectivity index (χ4v) is 2.73. The predicted molar refractivity (Wildman–Crippen MR) is 77.0 cm³/mol. The molecule has 0 radical (unpaired) electrons. The quantitative estimate of drug-likeness (QED) is 0.908. The first kappa shape index (κ1) is 12.8. The van der Waals surface area contributed by atoms with Gasteiger partial charge < -0.3 is 10.0 Å². The predicted octanol–water partition coefficient (Wildman–Crippen LogP) is 2.42. The van der Waals surface area contributed by atoms with Crippen LogP contribution in [0.3, 0.4) is 0 Å². The Morgan fingerprint density at radius 2 is 1.95 bits per heavy atom. The number of hydrogen-bond donors (Lipinski definition) is 1. The van der Waals surface area contributed by atoms with E-state index in [0.29, 0.717) is 17.4 Å². The van der Waals surface area contributed by atoms with Crippen LogP contribution in [0.4, 0.5) is 5.82 Å². The monoisotopic (exact) mass is 271 g/mol. The van der Waals surface area contributed by atoms with Crippen molar-refractivity contribution >= 4 is 22.7 Å². The second-order valence-electron chi connectivity index (χ2n) is 5.59. The molecule has 104 valence electrons. The summed E-state index contributed by atoms with van der Waals surface area (Å²) in [6.45, 7) is 6.45. The zero-order valence-corrected chi connectivity index (χ0v) is 11.6. The number of carbonyl (C=O) groups is 1. The minimum Gasteiger partial charge on any atom is -0.478 e. The highest BCUT2D eigenvalue weighted by Gasteiger charge is 2.28. The third-order valence-corrected chi connectivity index (χ3v) is 4.15. The van der Waals surface area contributed by atoms with Gasteiger partial charge in [-0.25, -0.2) is 14.8 Å². The van der Waals surface area contributed by atoms with Crippen molar-refractivity contribution in [2.75, 3.05) is 18.0 Å². The number of aromatic nitrogens is 2. The molecule has 0 bridgehead atoms. The zero-order chi connectivity index (χ0) is 14.3. The molecule has 1 aromatic carbocycles. The molecule has 1 aliphatic rings. The molecule has 1 aromatic heterocycles. The second kappa shape index (κ2) is 4.74. The first-order chi connectivity index (χ1) is 9.56. The van der Waals surface area contributed by atoms with Crippen LogP contribution in [0.1, 0.15) is 24.2 Å². The van der Waals surface area contributed by atoms with Gasteiger partial charge in [0.25, 0.3) is 0 Å². The molecule has 1 fully saturated rings. The van der Waals surface area contributed by atoms with E-state index in [1.54, 1.807) is 12.1 Å². The number of carboxylic acid groups (broad SMARTS) is 1. The number of anilines is 1. The summed E-state index contributed by atoms with van der Waals surface area (Å²) in [5, 5.41) is 9.96. The lowest BCUT2D eigenvalue weighted by atomic mass is 10.0. The Balaban J connectivity index is 2.06. The lowest BCUT2D eigenvalue weighted by Crippen LogP contribution is -2.21. The molecule has 3 rings (SSSR count). The second-order valence-corrected chi connectivity index (χ2v) is 5.59. The Labute approximate surface area is 117 Å². The van der Waals surface area contributed by atoms with Crippen molar-refractivity contribution < 1.29 is 9.90 Å². The van der Waals surface area contributed by atoms with E-state index in [-0.39, 0.29) is 5.56 Å². The maximum Gasteiger partial charge on any atom is 0.335 e. The SMILES string of the molecule is CC1CN(c2ncnc3cc(C(=O)O)ccc23)CC1C. The van der Waals surface area contributed by atoms with E-state index < -0.39 is 5.97 Å². The molecule has 0 amide bonds. The smallest absolute Gasteiger partial charge is 0.335 e. The van der Waals surface area contributed by atoms with Gasteiger partial charge in [-0.15, -0.1) is 0 Å². The standard InChI is InChI=1S/C15H17N3O2/c1-9-6-18(7-10(9)2)14-12-4-3-11(15(19)20)5-13(12)16-8-17-14/h3-5,8-10H,6-7H2,1-2H3,(H,19,20). The van der Waals surface area contributed by atoms with Crippen molar-refractivity contribution in [1.29, 1.82) is 0 Å².